The third-order valence-corrected chi connectivity index (χ3v) is 8.03. The summed E-state index contributed by atoms with van der Waals surface area (Å²) < 4.78 is 0. The van der Waals surface area contributed by atoms with Crippen molar-refractivity contribution in [3.05, 3.63) is 162 Å². The van der Waals surface area contributed by atoms with E-state index in [2.05, 4.69) is 115 Å². The second kappa shape index (κ2) is 12.3. The van der Waals surface area contributed by atoms with E-state index in [1.54, 1.807) is 0 Å². The molecule has 7 rings (SSSR count). The lowest BCUT2D eigenvalue weighted by Crippen LogP contribution is -2.26. The van der Waals surface area contributed by atoms with Gasteiger partial charge in [-0.3, -0.25) is 9.98 Å². The van der Waals surface area contributed by atoms with Gasteiger partial charge in [0, 0.05) is 44.6 Å². The van der Waals surface area contributed by atoms with E-state index in [9.17, 15) is 0 Å². The third-order valence-electron chi connectivity index (χ3n) is 8.03. The van der Waals surface area contributed by atoms with Gasteiger partial charge in [0.1, 0.15) is 0 Å². The molecule has 0 amide bonds. The van der Waals surface area contributed by atoms with Crippen LogP contribution in [0.25, 0.3) is 67.7 Å². The van der Waals surface area contributed by atoms with Crippen LogP contribution < -0.4 is 10.4 Å². The number of fused-ring (bicyclic) bond motifs is 1. The van der Waals surface area contributed by atoms with E-state index in [1.165, 1.54) is 5.39 Å². The van der Waals surface area contributed by atoms with Crippen LogP contribution in [0.1, 0.15) is 12.5 Å². The normalized spacial score (nSPS) is 12.2. The molecule has 45 heavy (non-hydrogen) atoms. The van der Waals surface area contributed by atoms with Crippen molar-refractivity contribution >= 4 is 29.3 Å². The molecule has 4 heteroatoms. The summed E-state index contributed by atoms with van der Waals surface area (Å²) in [5.41, 5.74) is 8.55. The number of aliphatic imine (C=N–C) groups is 1. The van der Waals surface area contributed by atoms with E-state index in [4.69, 9.17) is 15.0 Å². The number of rotatable bonds is 6. The van der Waals surface area contributed by atoms with Gasteiger partial charge in [-0.15, -0.1) is 0 Å². The summed E-state index contributed by atoms with van der Waals surface area (Å²) in [4.78, 5) is 19.2. The Labute approximate surface area is 262 Å². The van der Waals surface area contributed by atoms with E-state index < -0.39 is 0 Å². The van der Waals surface area contributed by atoms with Crippen molar-refractivity contribution in [2.45, 2.75) is 6.92 Å². The van der Waals surface area contributed by atoms with E-state index in [-0.39, 0.29) is 0 Å². The molecule has 0 aliphatic rings. The molecular formula is C41H30N4. The van der Waals surface area contributed by atoms with Crippen molar-refractivity contribution in [2.75, 3.05) is 0 Å². The number of pyridine rings is 1. The Bertz CT molecular complexity index is 2270. The Kier molecular flexibility index (Phi) is 7.61. The highest BCUT2D eigenvalue weighted by Gasteiger charge is 2.13. The maximum Gasteiger partial charge on any atom is 0.160 e. The van der Waals surface area contributed by atoms with Crippen molar-refractivity contribution in [1.29, 1.82) is 0 Å². The van der Waals surface area contributed by atoms with Crippen molar-refractivity contribution in [2.24, 2.45) is 4.99 Å². The topological polar surface area (TPSA) is 51.0 Å². The number of aromatic nitrogens is 3. The molecule has 0 atom stereocenters. The predicted molar refractivity (Wildman–Crippen MR) is 187 cm³/mol. The molecule has 0 saturated heterocycles. The van der Waals surface area contributed by atoms with Gasteiger partial charge in [0.25, 0.3) is 0 Å². The van der Waals surface area contributed by atoms with Gasteiger partial charge in [0.2, 0.25) is 0 Å². The lowest BCUT2D eigenvalue weighted by molar-refractivity contribution is 1.18. The molecule has 5 aromatic carbocycles. The zero-order valence-electron chi connectivity index (χ0n) is 24.9. The van der Waals surface area contributed by atoms with E-state index in [0.29, 0.717) is 5.82 Å². The molecule has 7 aromatic rings. The van der Waals surface area contributed by atoms with Crippen LogP contribution in [0, 0.1) is 0 Å². The zero-order valence-corrected chi connectivity index (χ0v) is 24.9. The second-order valence-electron chi connectivity index (χ2n) is 10.7. The highest BCUT2D eigenvalue weighted by molar-refractivity contribution is 5.94. The highest BCUT2D eigenvalue weighted by atomic mass is 14.9. The first-order valence-electron chi connectivity index (χ1n) is 14.9. The quantitative estimate of drug-likeness (QED) is 0.186. The van der Waals surface area contributed by atoms with Crippen molar-refractivity contribution in [3.8, 4) is 45.2 Å². The van der Waals surface area contributed by atoms with Gasteiger partial charge in [-0.2, -0.15) is 0 Å². The Balaban J connectivity index is 1.30. The van der Waals surface area contributed by atoms with Gasteiger partial charge < -0.3 is 0 Å². The third kappa shape index (κ3) is 5.57. The molecule has 0 spiro atoms. The lowest BCUT2D eigenvalue weighted by atomic mass is 10.0. The highest BCUT2D eigenvalue weighted by Crippen LogP contribution is 2.31. The Morgan fingerprint density at radius 2 is 1.24 bits per heavy atom. The molecule has 0 aliphatic heterocycles. The summed E-state index contributed by atoms with van der Waals surface area (Å²) in [6.07, 6.45) is 3.95. The second-order valence-corrected chi connectivity index (χ2v) is 10.7. The monoisotopic (exact) mass is 578 g/mol. The number of benzene rings is 5. The molecule has 0 unspecified atom stereocenters. The smallest absolute Gasteiger partial charge is 0.160 e. The predicted octanol–water partition coefficient (Wildman–Crippen LogP) is 8.35. The molecule has 0 fully saturated rings. The fourth-order valence-corrected chi connectivity index (χ4v) is 5.70. The van der Waals surface area contributed by atoms with Gasteiger partial charge in [-0.25, -0.2) is 9.97 Å². The van der Waals surface area contributed by atoms with Crippen LogP contribution in [0.2, 0.25) is 0 Å². The molecule has 0 saturated carbocycles. The lowest BCUT2D eigenvalue weighted by Gasteiger charge is -2.11. The average Bonchev–Trinajstić information content (AvgIpc) is 3.12. The van der Waals surface area contributed by atoms with E-state index in [1.807, 2.05) is 55.6 Å². The van der Waals surface area contributed by atoms with Gasteiger partial charge in [-0.05, 0) is 36.4 Å². The summed E-state index contributed by atoms with van der Waals surface area (Å²) >= 11 is 0. The van der Waals surface area contributed by atoms with Gasteiger partial charge in [0.05, 0.1) is 22.8 Å². The molecule has 4 nitrogen and oxygen atoms in total. The van der Waals surface area contributed by atoms with Crippen LogP contribution in [0.5, 0.6) is 0 Å². The molecule has 0 radical (unpaired) electrons. The number of hydrogen-bond donors (Lipinski definition) is 0. The first-order valence-corrected chi connectivity index (χ1v) is 14.9. The zero-order chi connectivity index (χ0) is 30.6. The molecule has 0 aliphatic carbocycles. The van der Waals surface area contributed by atoms with Crippen LogP contribution in [0.4, 0.5) is 0 Å². The molecule has 0 bridgehead atoms. The Morgan fingerprint density at radius 1 is 0.622 bits per heavy atom. The summed E-state index contributed by atoms with van der Waals surface area (Å²) in [5, 5.41) is 4.48. The van der Waals surface area contributed by atoms with Gasteiger partial charge in [-0.1, -0.05) is 133 Å². The van der Waals surface area contributed by atoms with Crippen LogP contribution in [-0.4, -0.2) is 21.7 Å². The van der Waals surface area contributed by atoms with Gasteiger partial charge in [0.15, 0.2) is 5.82 Å². The van der Waals surface area contributed by atoms with Crippen LogP contribution in [0.15, 0.2) is 151 Å². The van der Waals surface area contributed by atoms with Crippen LogP contribution in [-0.2, 0) is 0 Å². The maximum atomic E-state index is 5.06. The first kappa shape index (κ1) is 27.8. The fraction of sp³-hybridized carbons (Fsp3) is 0.0244. The van der Waals surface area contributed by atoms with Crippen molar-refractivity contribution in [3.63, 3.8) is 0 Å². The SMILES string of the molecule is C=N/C(c1ccc(-c2cc(-c3ccccc3)nc(-c3ccc(-c4nccc5ccccc45)cc3)n2)cc1)=c1/cccc/c1=C/C. The fourth-order valence-electron chi connectivity index (χ4n) is 5.70. The van der Waals surface area contributed by atoms with Crippen LogP contribution >= 0.6 is 0 Å². The summed E-state index contributed by atoms with van der Waals surface area (Å²) in [6.45, 7) is 5.91. The summed E-state index contributed by atoms with van der Waals surface area (Å²) in [5.74, 6) is 0.667. The number of nitrogens with zero attached hydrogens (tertiary/aromatic N) is 4. The van der Waals surface area contributed by atoms with E-state index in [0.717, 1.165) is 66.4 Å². The minimum absolute atomic E-state index is 0.667. The van der Waals surface area contributed by atoms with Crippen molar-refractivity contribution < 1.29 is 0 Å². The Hall–Kier alpha value is -6.00. The largest absolute Gasteiger partial charge is 0.263 e. The van der Waals surface area contributed by atoms with Gasteiger partial charge >= 0.3 is 0 Å². The van der Waals surface area contributed by atoms with Crippen LogP contribution in [0.3, 0.4) is 0 Å². The number of hydrogen-bond acceptors (Lipinski definition) is 4. The molecule has 214 valence electrons. The molecule has 2 aromatic heterocycles. The summed E-state index contributed by atoms with van der Waals surface area (Å²) in [6, 6.07) is 47.6. The Morgan fingerprint density at radius 3 is 1.98 bits per heavy atom. The molecule has 0 N–H and O–H groups in total. The molecule has 2 heterocycles. The average molecular weight is 579 g/mol. The van der Waals surface area contributed by atoms with Crippen molar-refractivity contribution in [1.82, 2.24) is 15.0 Å². The summed E-state index contributed by atoms with van der Waals surface area (Å²) in [7, 11) is 0. The van der Waals surface area contributed by atoms with E-state index >= 15 is 0 Å². The maximum absolute atomic E-state index is 5.06. The minimum Gasteiger partial charge on any atom is -0.263 e. The standard InChI is InChI=1S/C41H30N4/c1-3-28-11-7-9-15-35(28)39(42-2)32-19-17-31(18-20-32)38-27-37(30-13-5-4-6-14-30)44-41(45-38)34-23-21-33(22-24-34)40-36-16-10-8-12-29(36)25-26-43-40/h3-27H,2H2,1H3/b28-3-,39-35-. The first-order chi connectivity index (χ1) is 22.2. The molecular weight excluding hydrogens is 548 g/mol. The minimum atomic E-state index is 0.667.